The van der Waals surface area contributed by atoms with Gasteiger partial charge in [0.1, 0.15) is 0 Å². The Hall–Kier alpha value is 2.37. The first-order chi connectivity index (χ1) is 2.00. The molecule has 3 radical (unpaired) electrons. The maximum absolute atomic E-state index is 8.88. The van der Waals surface area contributed by atoms with Crippen LogP contribution in [0.4, 0.5) is 0 Å². The molecule has 0 aromatic carbocycles. The first-order valence-corrected chi connectivity index (χ1v) is 2.35. The Bertz CT molecular complexity index is 57.8. The van der Waals surface area contributed by atoms with Crippen molar-refractivity contribution >= 4 is 75.1 Å². The standard InChI is InChI=1S/Ca.Na.H3O4P/c;;1-5(2,3)4/h;;(H3,1,2,3,4). The smallest absolute Gasteiger partial charge is 0.303 e. The second kappa shape index (κ2) is 6.49. The predicted octanol–water partition coefficient (Wildman–Crippen LogP) is -1.69. The predicted molar refractivity (Wildman–Crippen MR) is 25.8 cm³/mol. The summed E-state index contributed by atoms with van der Waals surface area (Å²) in [6.07, 6.45) is 0. The maximum Gasteiger partial charge on any atom is 0.466 e. The molecule has 4 nitrogen and oxygen atoms in total. The zero-order valence-corrected chi connectivity index (χ0v) is 9.01. The fraction of sp³-hybridized carbons (Fsp3) is 0. The molecule has 7 heavy (non-hydrogen) atoms. The van der Waals surface area contributed by atoms with E-state index in [0.717, 1.165) is 0 Å². The second-order valence-corrected chi connectivity index (χ2v) is 1.54. The summed E-state index contributed by atoms with van der Waals surface area (Å²) >= 11 is 0. The van der Waals surface area contributed by atoms with Crippen LogP contribution >= 0.6 is 7.82 Å². The first-order valence-electron chi connectivity index (χ1n) is 0.783. The molecule has 0 aliphatic heterocycles. The zero-order chi connectivity index (χ0) is 4.50. The molecule has 0 saturated carbocycles. The quantitative estimate of drug-likeness (QED) is 0.292. The van der Waals surface area contributed by atoms with Gasteiger partial charge in [0, 0.05) is 67.3 Å². The van der Waals surface area contributed by atoms with Gasteiger partial charge in [0.25, 0.3) is 0 Å². The monoisotopic (exact) mass is 161 g/mol. The molecular formula is H3CaNaO4P. The Labute approximate surface area is 92.8 Å². The molecule has 0 bridgehead atoms. The zero-order valence-electron chi connectivity index (χ0n) is 3.90. The van der Waals surface area contributed by atoms with Crippen LogP contribution in [0.1, 0.15) is 0 Å². The van der Waals surface area contributed by atoms with Gasteiger partial charge in [-0.25, -0.2) is 4.57 Å². The molecule has 0 atom stereocenters. The summed E-state index contributed by atoms with van der Waals surface area (Å²) < 4.78 is 8.88. The van der Waals surface area contributed by atoms with Gasteiger partial charge in [-0.1, -0.05) is 0 Å². The van der Waals surface area contributed by atoms with Crippen molar-refractivity contribution in [2.24, 2.45) is 0 Å². The summed E-state index contributed by atoms with van der Waals surface area (Å²) in [6, 6.07) is 0. The van der Waals surface area contributed by atoms with Crippen LogP contribution in [0.5, 0.6) is 0 Å². The van der Waals surface area contributed by atoms with E-state index < -0.39 is 7.82 Å². The summed E-state index contributed by atoms with van der Waals surface area (Å²) in [5.41, 5.74) is 0. The van der Waals surface area contributed by atoms with E-state index in [2.05, 4.69) is 0 Å². The average Bonchev–Trinajstić information content (AvgIpc) is 0.722. The molecule has 0 aromatic rings. The molecule has 0 rings (SSSR count). The third-order valence-electron chi connectivity index (χ3n) is 0. The van der Waals surface area contributed by atoms with Crippen LogP contribution in [-0.2, 0) is 4.57 Å². The largest absolute Gasteiger partial charge is 0.466 e. The number of hydrogen-bond donors (Lipinski definition) is 3. The van der Waals surface area contributed by atoms with Crippen molar-refractivity contribution in [1.29, 1.82) is 0 Å². The number of hydrogen-bond acceptors (Lipinski definition) is 1. The fourth-order valence-electron chi connectivity index (χ4n) is 0. The van der Waals surface area contributed by atoms with E-state index >= 15 is 0 Å². The Balaban J connectivity index is -0.0000000800. The molecule has 0 amide bonds. The van der Waals surface area contributed by atoms with Gasteiger partial charge >= 0.3 is 7.82 Å². The molecule has 0 saturated heterocycles. The fourth-order valence-corrected chi connectivity index (χ4v) is 0. The molecule has 3 N–H and O–H groups in total. The van der Waals surface area contributed by atoms with Crippen molar-refractivity contribution in [2.75, 3.05) is 0 Å². The van der Waals surface area contributed by atoms with Crippen LogP contribution in [-0.4, -0.2) is 82.0 Å². The van der Waals surface area contributed by atoms with Crippen LogP contribution in [0.3, 0.4) is 0 Å². The van der Waals surface area contributed by atoms with Crippen LogP contribution in [0.15, 0.2) is 0 Å². The van der Waals surface area contributed by atoms with E-state index in [9.17, 15) is 0 Å². The normalized spacial score (nSPS) is 8.43. The Morgan fingerprint density at radius 3 is 1.14 bits per heavy atom. The summed E-state index contributed by atoms with van der Waals surface area (Å²) in [6.45, 7) is 0. The van der Waals surface area contributed by atoms with Crippen molar-refractivity contribution < 1.29 is 19.2 Å². The van der Waals surface area contributed by atoms with Gasteiger partial charge in [-0.2, -0.15) is 0 Å². The van der Waals surface area contributed by atoms with Gasteiger partial charge in [0.05, 0.1) is 0 Å². The summed E-state index contributed by atoms with van der Waals surface area (Å²) in [5, 5.41) is 0. The van der Waals surface area contributed by atoms with Gasteiger partial charge in [-0.15, -0.1) is 0 Å². The Kier molecular flexibility index (Phi) is 15.0. The molecule has 0 aromatic heterocycles. The maximum atomic E-state index is 8.88. The minimum Gasteiger partial charge on any atom is -0.303 e. The molecule has 0 fully saturated rings. The van der Waals surface area contributed by atoms with Crippen molar-refractivity contribution in [3.8, 4) is 0 Å². The Morgan fingerprint density at radius 1 is 1.14 bits per heavy atom. The van der Waals surface area contributed by atoms with Crippen LogP contribution < -0.4 is 0 Å². The van der Waals surface area contributed by atoms with Crippen LogP contribution in [0, 0.1) is 0 Å². The van der Waals surface area contributed by atoms with E-state index in [4.69, 9.17) is 19.2 Å². The third kappa shape index (κ3) is 60.5. The van der Waals surface area contributed by atoms with Crippen molar-refractivity contribution in [3.63, 3.8) is 0 Å². The molecule has 0 aliphatic carbocycles. The summed E-state index contributed by atoms with van der Waals surface area (Å²) in [5.74, 6) is 0. The van der Waals surface area contributed by atoms with Crippen LogP contribution in [0.2, 0.25) is 0 Å². The first kappa shape index (κ1) is 16.2. The van der Waals surface area contributed by atoms with Crippen LogP contribution in [0.25, 0.3) is 0 Å². The van der Waals surface area contributed by atoms with E-state index in [0.29, 0.717) is 0 Å². The van der Waals surface area contributed by atoms with E-state index in [1.807, 2.05) is 0 Å². The second-order valence-electron chi connectivity index (χ2n) is 0.513. The van der Waals surface area contributed by atoms with Gasteiger partial charge < -0.3 is 14.7 Å². The number of rotatable bonds is 0. The molecule has 0 unspecified atom stereocenters. The van der Waals surface area contributed by atoms with Crippen molar-refractivity contribution in [2.45, 2.75) is 0 Å². The molecule has 35 valence electrons. The third-order valence-corrected chi connectivity index (χ3v) is 0. The minimum atomic E-state index is -4.64. The number of phosphoric acid groups is 1. The van der Waals surface area contributed by atoms with E-state index in [1.165, 1.54) is 0 Å². The van der Waals surface area contributed by atoms with E-state index in [1.54, 1.807) is 0 Å². The van der Waals surface area contributed by atoms with Gasteiger partial charge in [-0.05, 0) is 0 Å². The van der Waals surface area contributed by atoms with E-state index in [-0.39, 0.29) is 67.3 Å². The van der Waals surface area contributed by atoms with Crippen molar-refractivity contribution in [1.82, 2.24) is 0 Å². The molecule has 0 spiro atoms. The Morgan fingerprint density at radius 2 is 1.14 bits per heavy atom. The summed E-state index contributed by atoms with van der Waals surface area (Å²) in [4.78, 5) is 21.6. The topological polar surface area (TPSA) is 77.8 Å². The molecular weight excluding hydrogens is 158 g/mol. The summed E-state index contributed by atoms with van der Waals surface area (Å²) in [7, 11) is -4.64. The van der Waals surface area contributed by atoms with Gasteiger partial charge in [0.15, 0.2) is 0 Å². The average molecular weight is 161 g/mol. The SMILES string of the molecule is O=P(O)(O)O.[Ca].[Na]. The molecule has 0 aliphatic rings. The van der Waals surface area contributed by atoms with Gasteiger partial charge in [-0.3, -0.25) is 0 Å². The molecule has 7 heteroatoms. The van der Waals surface area contributed by atoms with Gasteiger partial charge in [0.2, 0.25) is 0 Å². The molecule has 0 heterocycles. The van der Waals surface area contributed by atoms with Crippen molar-refractivity contribution in [3.05, 3.63) is 0 Å². The minimum absolute atomic E-state index is 0.